The van der Waals surface area contributed by atoms with Crippen LogP contribution in [-0.4, -0.2) is 44.3 Å². The zero-order chi connectivity index (χ0) is 18.4. The monoisotopic (exact) mass is 373 g/mol. The molecule has 1 fully saturated rings. The molecule has 1 aromatic carbocycles. The largest absolute Gasteiger partial charge is 0.378 e. The van der Waals surface area contributed by atoms with E-state index in [0.717, 1.165) is 49.5 Å². The SMILES string of the molecule is CN=C(NCc1ccc(N2CCOCC2)cc1)NCc1nc(C)c(C)s1. The van der Waals surface area contributed by atoms with Crippen molar-refractivity contribution in [2.24, 2.45) is 4.99 Å². The van der Waals surface area contributed by atoms with Gasteiger partial charge < -0.3 is 20.3 Å². The third-order valence-corrected chi connectivity index (χ3v) is 5.55. The van der Waals surface area contributed by atoms with Crippen molar-refractivity contribution < 1.29 is 4.74 Å². The average molecular weight is 374 g/mol. The van der Waals surface area contributed by atoms with Gasteiger partial charge in [0.2, 0.25) is 0 Å². The highest BCUT2D eigenvalue weighted by Gasteiger charge is 2.11. The molecule has 0 aliphatic carbocycles. The van der Waals surface area contributed by atoms with Crippen LogP contribution in [-0.2, 0) is 17.8 Å². The first-order valence-corrected chi connectivity index (χ1v) is 9.76. The van der Waals surface area contributed by atoms with Gasteiger partial charge in [-0.3, -0.25) is 4.99 Å². The molecule has 140 valence electrons. The maximum atomic E-state index is 5.41. The first-order valence-electron chi connectivity index (χ1n) is 8.95. The van der Waals surface area contributed by atoms with Crippen molar-refractivity contribution in [3.8, 4) is 0 Å². The van der Waals surface area contributed by atoms with Crippen LogP contribution in [0, 0.1) is 13.8 Å². The molecular weight excluding hydrogens is 346 g/mol. The quantitative estimate of drug-likeness (QED) is 0.623. The van der Waals surface area contributed by atoms with E-state index < -0.39 is 0 Å². The smallest absolute Gasteiger partial charge is 0.191 e. The lowest BCUT2D eigenvalue weighted by molar-refractivity contribution is 0.122. The van der Waals surface area contributed by atoms with Gasteiger partial charge in [0.1, 0.15) is 5.01 Å². The van der Waals surface area contributed by atoms with Crippen LogP contribution in [0.2, 0.25) is 0 Å². The Labute approximate surface area is 159 Å². The number of aliphatic imine (C=N–C) groups is 1. The van der Waals surface area contributed by atoms with E-state index in [9.17, 15) is 0 Å². The molecule has 1 aliphatic heterocycles. The standard InChI is InChI=1S/C19H27N5OS/c1-14-15(2)26-18(23-14)13-22-19(20-3)21-12-16-4-6-17(7-5-16)24-8-10-25-11-9-24/h4-7H,8-13H2,1-3H3,(H2,20,21,22). The normalized spacial score (nSPS) is 15.2. The maximum Gasteiger partial charge on any atom is 0.191 e. The second kappa shape index (κ2) is 9.00. The van der Waals surface area contributed by atoms with Gasteiger partial charge in [-0.15, -0.1) is 11.3 Å². The highest BCUT2D eigenvalue weighted by atomic mass is 32.1. The number of rotatable bonds is 5. The van der Waals surface area contributed by atoms with Crippen molar-refractivity contribution in [1.82, 2.24) is 15.6 Å². The summed E-state index contributed by atoms with van der Waals surface area (Å²) >= 11 is 1.73. The summed E-state index contributed by atoms with van der Waals surface area (Å²) < 4.78 is 5.41. The van der Waals surface area contributed by atoms with Crippen LogP contribution >= 0.6 is 11.3 Å². The molecular formula is C19H27N5OS. The lowest BCUT2D eigenvalue weighted by Crippen LogP contribution is -2.36. The minimum absolute atomic E-state index is 0.689. The number of anilines is 1. The highest BCUT2D eigenvalue weighted by Crippen LogP contribution is 2.17. The second-order valence-electron chi connectivity index (χ2n) is 6.29. The summed E-state index contributed by atoms with van der Waals surface area (Å²) in [5, 5.41) is 7.76. The van der Waals surface area contributed by atoms with Crippen LogP contribution < -0.4 is 15.5 Å². The molecule has 0 spiro atoms. The van der Waals surface area contributed by atoms with Crippen LogP contribution in [0.5, 0.6) is 0 Å². The number of hydrogen-bond acceptors (Lipinski definition) is 5. The van der Waals surface area contributed by atoms with Gasteiger partial charge in [0, 0.05) is 37.2 Å². The fourth-order valence-corrected chi connectivity index (χ4v) is 3.70. The molecule has 0 amide bonds. The van der Waals surface area contributed by atoms with Gasteiger partial charge in [0.25, 0.3) is 0 Å². The number of guanidine groups is 1. The minimum atomic E-state index is 0.689. The van der Waals surface area contributed by atoms with Crippen molar-refractivity contribution in [2.45, 2.75) is 26.9 Å². The molecule has 2 N–H and O–H groups in total. The fourth-order valence-electron chi connectivity index (χ4n) is 2.83. The molecule has 2 heterocycles. The van der Waals surface area contributed by atoms with Crippen molar-refractivity contribution in [1.29, 1.82) is 0 Å². The molecule has 0 bridgehead atoms. The van der Waals surface area contributed by atoms with Gasteiger partial charge in [0.15, 0.2) is 5.96 Å². The van der Waals surface area contributed by atoms with Gasteiger partial charge >= 0.3 is 0 Å². The Morgan fingerprint density at radius 2 is 1.85 bits per heavy atom. The van der Waals surface area contributed by atoms with E-state index in [-0.39, 0.29) is 0 Å². The van der Waals surface area contributed by atoms with Crippen LogP contribution in [0.25, 0.3) is 0 Å². The van der Waals surface area contributed by atoms with Crippen LogP contribution in [0.1, 0.15) is 21.1 Å². The van der Waals surface area contributed by atoms with Gasteiger partial charge in [-0.2, -0.15) is 0 Å². The van der Waals surface area contributed by atoms with Gasteiger partial charge in [-0.25, -0.2) is 4.98 Å². The molecule has 7 heteroatoms. The van der Waals surface area contributed by atoms with E-state index in [1.807, 2.05) is 6.92 Å². The number of morpholine rings is 1. The molecule has 26 heavy (non-hydrogen) atoms. The van der Waals surface area contributed by atoms with Crippen molar-refractivity contribution in [3.05, 3.63) is 45.4 Å². The van der Waals surface area contributed by atoms with Gasteiger partial charge in [-0.1, -0.05) is 12.1 Å². The van der Waals surface area contributed by atoms with E-state index in [2.05, 4.69) is 56.7 Å². The molecule has 2 aromatic rings. The zero-order valence-electron chi connectivity index (χ0n) is 15.7. The predicted octanol–water partition coefficient (Wildman–Crippen LogP) is 2.46. The Morgan fingerprint density at radius 3 is 2.46 bits per heavy atom. The first-order chi connectivity index (χ1) is 12.7. The van der Waals surface area contributed by atoms with Crippen molar-refractivity contribution in [2.75, 3.05) is 38.3 Å². The minimum Gasteiger partial charge on any atom is -0.378 e. The third kappa shape index (κ3) is 4.95. The Balaban J connectivity index is 1.48. The summed E-state index contributed by atoms with van der Waals surface area (Å²) in [5.74, 6) is 0.785. The van der Waals surface area contributed by atoms with E-state index in [1.54, 1.807) is 18.4 Å². The van der Waals surface area contributed by atoms with E-state index in [0.29, 0.717) is 6.54 Å². The molecule has 0 unspecified atom stereocenters. The molecule has 0 saturated carbocycles. The summed E-state index contributed by atoms with van der Waals surface area (Å²) in [5.41, 5.74) is 3.59. The summed E-state index contributed by atoms with van der Waals surface area (Å²) in [6, 6.07) is 8.69. The number of aromatic nitrogens is 1. The summed E-state index contributed by atoms with van der Waals surface area (Å²) in [6.07, 6.45) is 0. The number of thiazole rings is 1. The number of nitrogens with one attached hydrogen (secondary N) is 2. The van der Waals surface area contributed by atoms with Crippen molar-refractivity contribution >= 4 is 23.0 Å². The Bertz CT molecular complexity index is 715. The number of hydrogen-bond donors (Lipinski definition) is 2. The number of nitrogens with zero attached hydrogens (tertiary/aromatic N) is 3. The lowest BCUT2D eigenvalue weighted by atomic mass is 10.2. The molecule has 1 aromatic heterocycles. The first kappa shape index (κ1) is 18.7. The second-order valence-corrected chi connectivity index (χ2v) is 7.58. The molecule has 1 saturated heterocycles. The van der Waals surface area contributed by atoms with Crippen LogP contribution in [0.3, 0.4) is 0 Å². The highest BCUT2D eigenvalue weighted by molar-refractivity contribution is 7.11. The molecule has 0 atom stereocenters. The lowest BCUT2D eigenvalue weighted by Gasteiger charge is -2.28. The Hall–Kier alpha value is -2.12. The zero-order valence-corrected chi connectivity index (χ0v) is 16.5. The van der Waals surface area contributed by atoms with Crippen LogP contribution in [0.15, 0.2) is 29.3 Å². The van der Waals surface area contributed by atoms with E-state index in [1.165, 1.54) is 16.1 Å². The number of aryl methyl sites for hydroxylation is 2. The van der Waals surface area contributed by atoms with E-state index in [4.69, 9.17) is 4.74 Å². The van der Waals surface area contributed by atoms with Gasteiger partial charge in [0.05, 0.1) is 25.5 Å². The molecule has 3 rings (SSSR count). The molecule has 1 aliphatic rings. The summed E-state index contributed by atoms with van der Waals surface area (Å²) in [4.78, 5) is 12.5. The molecule has 6 nitrogen and oxygen atoms in total. The summed E-state index contributed by atoms with van der Waals surface area (Å²) in [6.45, 7) is 9.11. The summed E-state index contributed by atoms with van der Waals surface area (Å²) in [7, 11) is 1.79. The van der Waals surface area contributed by atoms with E-state index >= 15 is 0 Å². The topological polar surface area (TPSA) is 61.8 Å². The molecule has 0 radical (unpaired) electrons. The Kier molecular flexibility index (Phi) is 6.46. The predicted molar refractivity (Wildman–Crippen MR) is 108 cm³/mol. The van der Waals surface area contributed by atoms with Crippen molar-refractivity contribution in [3.63, 3.8) is 0 Å². The number of benzene rings is 1. The number of ether oxygens (including phenoxy) is 1. The maximum absolute atomic E-state index is 5.41. The van der Waals surface area contributed by atoms with Gasteiger partial charge in [-0.05, 0) is 31.5 Å². The fraction of sp³-hybridized carbons (Fsp3) is 0.474. The third-order valence-electron chi connectivity index (χ3n) is 4.48. The van der Waals surface area contributed by atoms with Crippen LogP contribution in [0.4, 0.5) is 5.69 Å². The average Bonchev–Trinajstić information content (AvgIpc) is 3.01. The Morgan fingerprint density at radius 1 is 1.15 bits per heavy atom.